The van der Waals surface area contributed by atoms with Crippen molar-refractivity contribution < 1.29 is 12.8 Å². The molecular weight excluding hydrogens is 365 g/mol. The van der Waals surface area contributed by atoms with Crippen molar-refractivity contribution in [3.63, 3.8) is 0 Å². The summed E-state index contributed by atoms with van der Waals surface area (Å²) in [5.74, 6) is 0.985. The summed E-state index contributed by atoms with van der Waals surface area (Å²) in [6.45, 7) is 3.82. The predicted molar refractivity (Wildman–Crippen MR) is 109 cm³/mol. The highest BCUT2D eigenvalue weighted by Gasteiger charge is 2.13. The number of sulfone groups is 1. The van der Waals surface area contributed by atoms with Crippen molar-refractivity contribution in [3.8, 4) is 0 Å². The second-order valence-electron chi connectivity index (χ2n) is 7.40. The van der Waals surface area contributed by atoms with Gasteiger partial charge >= 0.3 is 0 Å². The molecule has 2 N–H and O–H groups in total. The van der Waals surface area contributed by atoms with E-state index in [1.807, 2.05) is 6.92 Å². The Balaban J connectivity index is 1.99. The molecule has 5 nitrogen and oxygen atoms in total. The first-order valence-electron chi connectivity index (χ1n) is 9.84. The number of nitrogens with zero attached hydrogens (tertiary/aromatic N) is 1. The maximum atomic E-state index is 13.6. The molecule has 1 fully saturated rings. The maximum Gasteiger partial charge on any atom is 0.191 e. The minimum absolute atomic E-state index is 0.107. The van der Waals surface area contributed by atoms with Gasteiger partial charge in [-0.3, -0.25) is 0 Å². The molecule has 1 aromatic rings. The average molecular weight is 398 g/mol. The van der Waals surface area contributed by atoms with Gasteiger partial charge in [-0.05, 0) is 42.5 Å². The third-order valence-electron chi connectivity index (χ3n) is 4.91. The van der Waals surface area contributed by atoms with Crippen LogP contribution in [-0.2, 0) is 22.1 Å². The Morgan fingerprint density at radius 2 is 1.93 bits per heavy atom. The summed E-state index contributed by atoms with van der Waals surface area (Å²) in [7, 11) is -3.19. The fourth-order valence-electron chi connectivity index (χ4n) is 3.54. The average Bonchev–Trinajstić information content (AvgIpc) is 2.61. The van der Waals surface area contributed by atoms with Crippen LogP contribution in [0.15, 0.2) is 23.2 Å². The van der Waals surface area contributed by atoms with Crippen LogP contribution < -0.4 is 10.6 Å². The molecule has 0 aliphatic heterocycles. The van der Waals surface area contributed by atoms with Gasteiger partial charge in [-0.2, -0.15) is 0 Å². The van der Waals surface area contributed by atoms with Crippen LogP contribution in [0.4, 0.5) is 4.39 Å². The van der Waals surface area contributed by atoms with E-state index in [0.29, 0.717) is 17.1 Å². The lowest BCUT2D eigenvalue weighted by molar-refractivity contribution is 0.339. The summed E-state index contributed by atoms with van der Waals surface area (Å²) < 4.78 is 36.9. The van der Waals surface area contributed by atoms with E-state index in [1.54, 1.807) is 0 Å². The van der Waals surface area contributed by atoms with Gasteiger partial charge in [0.1, 0.15) is 5.82 Å². The number of hydrogen-bond acceptors (Lipinski definition) is 3. The molecule has 0 aromatic heterocycles. The molecule has 0 unspecified atom stereocenters. The molecule has 7 heteroatoms. The highest BCUT2D eigenvalue weighted by molar-refractivity contribution is 7.89. The van der Waals surface area contributed by atoms with Gasteiger partial charge in [0.15, 0.2) is 15.8 Å². The fraction of sp³-hybridized carbons (Fsp3) is 0.650. The minimum atomic E-state index is -3.19. The van der Waals surface area contributed by atoms with Crippen LogP contribution in [0.3, 0.4) is 0 Å². The molecule has 0 radical (unpaired) electrons. The third kappa shape index (κ3) is 8.28. The van der Waals surface area contributed by atoms with Crippen LogP contribution in [0.1, 0.15) is 56.6 Å². The van der Waals surface area contributed by atoms with Gasteiger partial charge in [0.05, 0.1) is 12.3 Å². The van der Waals surface area contributed by atoms with Gasteiger partial charge in [-0.1, -0.05) is 38.2 Å². The van der Waals surface area contributed by atoms with E-state index in [2.05, 4.69) is 15.6 Å². The Kier molecular flexibility index (Phi) is 8.54. The smallest absolute Gasteiger partial charge is 0.191 e. The van der Waals surface area contributed by atoms with Crippen LogP contribution >= 0.6 is 0 Å². The number of benzene rings is 1. The van der Waals surface area contributed by atoms with Crippen molar-refractivity contribution in [3.05, 3.63) is 35.1 Å². The molecule has 0 saturated heterocycles. The van der Waals surface area contributed by atoms with Crippen molar-refractivity contribution in [1.29, 1.82) is 0 Å². The molecule has 0 atom stereocenters. The molecular formula is C20H32FN3O2S. The van der Waals surface area contributed by atoms with Gasteiger partial charge in [0, 0.05) is 19.3 Å². The molecule has 1 aromatic carbocycles. The van der Waals surface area contributed by atoms with Crippen molar-refractivity contribution in [2.75, 3.05) is 19.3 Å². The summed E-state index contributed by atoms with van der Waals surface area (Å²) in [4.78, 5) is 4.53. The summed E-state index contributed by atoms with van der Waals surface area (Å²) in [6, 6.07) is 4.20. The van der Waals surface area contributed by atoms with Gasteiger partial charge in [0.25, 0.3) is 0 Å². The summed E-state index contributed by atoms with van der Waals surface area (Å²) in [5.41, 5.74) is 1.20. The molecule has 1 aliphatic rings. The van der Waals surface area contributed by atoms with Gasteiger partial charge in [0.2, 0.25) is 0 Å². The summed E-state index contributed by atoms with van der Waals surface area (Å²) in [6.07, 6.45) is 8.96. The summed E-state index contributed by atoms with van der Waals surface area (Å²) >= 11 is 0. The Morgan fingerprint density at radius 1 is 1.19 bits per heavy atom. The van der Waals surface area contributed by atoms with Crippen LogP contribution in [0.2, 0.25) is 0 Å². The van der Waals surface area contributed by atoms with Crippen molar-refractivity contribution in [2.24, 2.45) is 10.9 Å². The van der Waals surface area contributed by atoms with E-state index in [4.69, 9.17) is 0 Å². The van der Waals surface area contributed by atoms with E-state index >= 15 is 0 Å². The van der Waals surface area contributed by atoms with Crippen LogP contribution in [-0.4, -0.2) is 33.7 Å². The number of aliphatic imine (C=N–C) groups is 1. The largest absolute Gasteiger partial charge is 0.357 e. The highest BCUT2D eigenvalue weighted by atomic mass is 32.2. The molecule has 152 valence electrons. The lowest BCUT2D eigenvalue weighted by atomic mass is 9.87. The zero-order valence-corrected chi connectivity index (χ0v) is 17.2. The van der Waals surface area contributed by atoms with Crippen LogP contribution in [0, 0.1) is 11.7 Å². The van der Waals surface area contributed by atoms with Crippen LogP contribution in [0.5, 0.6) is 0 Å². The first kappa shape index (κ1) is 21.7. The minimum Gasteiger partial charge on any atom is -0.357 e. The van der Waals surface area contributed by atoms with Crippen LogP contribution in [0.25, 0.3) is 0 Å². The summed E-state index contributed by atoms with van der Waals surface area (Å²) in [5, 5.41) is 6.55. The Bertz CT molecular complexity index is 729. The molecule has 0 bridgehead atoms. The molecule has 1 aliphatic carbocycles. The van der Waals surface area contributed by atoms with E-state index < -0.39 is 9.84 Å². The fourth-order valence-corrected chi connectivity index (χ4v) is 4.39. The zero-order chi connectivity index (χ0) is 19.7. The second-order valence-corrected chi connectivity index (χ2v) is 9.54. The maximum absolute atomic E-state index is 13.6. The van der Waals surface area contributed by atoms with Crippen molar-refractivity contribution >= 4 is 15.8 Å². The zero-order valence-electron chi connectivity index (χ0n) is 16.4. The standard InChI is InChI=1S/C20H32FN3O2S/c1-3-22-20(23-12-11-16-7-5-4-6-8-16)24-14-18-13-19(21)10-9-17(18)15-27(2,25)26/h9-10,13,16H,3-8,11-12,14-15H2,1-2H3,(H2,22,23,24). The Hall–Kier alpha value is -1.63. The number of guanidine groups is 1. The second kappa shape index (κ2) is 10.6. The Morgan fingerprint density at radius 3 is 2.59 bits per heavy atom. The monoisotopic (exact) mass is 397 g/mol. The van der Waals surface area contributed by atoms with E-state index in [0.717, 1.165) is 25.4 Å². The number of nitrogens with one attached hydrogen (secondary N) is 2. The highest BCUT2D eigenvalue weighted by Crippen LogP contribution is 2.25. The van der Waals surface area contributed by atoms with E-state index in [9.17, 15) is 12.8 Å². The Labute approximate surface area is 162 Å². The molecule has 2 rings (SSSR count). The number of rotatable bonds is 8. The van der Waals surface area contributed by atoms with E-state index in [1.165, 1.54) is 56.6 Å². The van der Waals surface area contributed by atoms with Gasteiger partial charge < -0.3 is 10.6 Å². The predicted octanol–water partition coefficient (Wildman–Crippen LogP) is 3.40. The number of hydrogen-bond donors (Lipinski definition) is 2. The first-order valence-corrected chi connectivity index (χ1v) is 11.9. The van der Waals surface area contributed by atoms with Gasteiger partial charge in [-0.25, -0.2) is 17.8 Å². The van der Waals surface area contributed by atoms with Gasteiger partial charge in [-0.15, -0.1) is 0 Å². The van der Waals surface area contributed by atoms with Crippen molar-refractivity contribution in [2.45, 2.75) is 57.7 Å². The topological polar surface area (TPSA) is 70.6 Å². The quantitative estimate of drug-likeness (QED) is 0.521. The number of halogens is 1. The first-order chi connectivity index (χ1) is 12.9. The third-order valence-corrected chi connectivity index (χ3v) is 5.74. The molecule has 0 heterocycles. The SMILES string of the molecule is CCNC(=NCc1cc(F)ccc1CS(C)(=O)=O)NCCC1CCCCC1. The normalized spacial score (nSPS) is 16.3. The molecule has 1 saturated carbocycles. The molecule has 0 spiro atoms. The van der Waals surface area contributed by atoms with Crippen molar-refractivity contribution in [1.82, 2.24) is 10.6 Å². The molecule has 27 heavy (non-hydrogen) atoms. The lowest BCUT2D eigenvalue weighted by Crippen LogP contribution is -2.38. The molecule has 0 amide bonds. The lowest BCUT2D eigenvalue weighted by Gasteiger charge is -2.22. The van der Waals surface area contributed by atoms with E-state index in [-0.39, 0.29) is 18.1 Å².